The largest absolute Gasteiger partial charge is 0.461 e. The molecule has 0 aromatic carbocycles. The van der Waals surface area contributed by atoms with Crippen LogP contribution in [-0.2, 0) is 6.54 Å². The van der Waals surface area contributed by atoms with Gasteiger partial charge in [-0.1, -0.05) is 5.16 Å². The molecule has 3 rings (SSSR count). The summed E-state index contributed by atoms with van der Waals surface area (Å²) in [6.45, 7) is 3.86. The first-order valence-electron chi connectivity index (χ1n) is 7.27. The third-order valence-corrected chi connectivity index (χ3v) is 3.89. The summed E-state index contributed by atoms with van der Waals surface area (Å²) >= 11 is 0. The maximum atomic E-state index is 5.66. The van der Waals surface area contributed by atoms with Crippen LogP contribution in [0.2, 0.25) is 0 Å². The lowest BCUT2D eigenvalue weighted by atomic mass is 9.95. The first kappa shape index (κ1) is 16.1. The van der Waals surface area contributed by atoms with Crippen LogP contribution >= 0.6 is 12.4 Å². The number of rotatable bonds is 5. The van der Waals surface area contributed by atoms with Crippen LogP contribution in [0.3, 0.4) is 0 Å². The van der Waals surface area contributed by atoms with Gasteiger partial charge in [0.25, 0.3) is 0 Å². The van der Waals surface area contributed by atoms with Crippen LogP contribution in [0, 0.1) is 5.92 Å². The van der Waals surface area contributed by atoms with Gasteiger partial charge in [-0.2, -0.15) is 0 Å². The Hall–Kier alpha value is -1.30. The van der Waals surface area contributed by atoms with Gasteiger partial charge in [0.2, 0.25) is 5.76 Å². The molecule has 2 N–H and O–H groups in total. The summed E-state index contributed by atoms with van der Waals surface area (Å²) < 4.78 is 10.6. The van der Waals surface area contributed by atoms with Gasteiger partial charge in [0.1, 0.15) is 0 Å². The van der Waals surface area contributed by atoms with Gasteiger partial charge >= 0.3 is 0 Å². The van der Waals surface area contributed by atoms with E-state index in [9.17, 15) is 0 Å². The minimum atomic E-state index is 0. The summed E-state index contributed by atoms with van der Waals surface area (Å²) in [7, 11) is 0. The van der Waals surface area contributed by atoms with Gasteiger partial charge in [0, 0.05) is 19.2 Å². The molecule has 1 unspecified atom stereocenters. The summed E-state index contributed by atoms with van der Waals surface area (Å²) in [4.78, 5) is 2.44. The monoisotopic (exact) mass is 311 g/mol. The van der Waals surface area contributed by atoms with E-state index in [4.69, 9.17) is 14.7 Å². The van der Waals surface area contributed by atoms with Crippen molar-refractivity contribution in [3.8, 4) is 11.5 Å². The van der Waals surface area contributed by atoms with E-state index in [1.54, 1.807) is 6.26 Å². The molecular weight excluding hydrogens is 290 g/mol. The molecule has 0 amide bonds. The zero-order chi connectivity index (χ0) is 13.8. The summed E-state index contributed by atoms with van der Waals surface area (Å²) in [6.07, 6.45) is 5.30. The Morgan fingerprint density at radius 1 is 1.38 bits per heavy atom. The quantitative estimate of drug-likeness (QED) is 0.919. The van der Waals surface area contributed by atoms with E-state index in [0.717, 1.165) is 50.0 Å². The lowest BCUT2D eigenvalue weighted by Gasteiger charge is -2.31. The molecule has 1 fully saturated rings. The minimum Gasteiger partial charge on any atom is -0.461 e. The van der Waals surface area contributed by atoms with Crippen molar-refractivity contribution in [1.82, 2.24) is 10.1 Å². The summed E-state index contributed by atoms with van der Waals surface area (Å²) in [6, 6.07) is 5.69. The molecule has 3 heterocycles. The second kappa shape index (κ2) is 7.64. The van der Waals surface area contributed by atoms with Crippen molar-refractivity contribution in [2.45, 2.75) is 25.8 Å². The molecule has 1 aliphatic heterocycles. The standard InChI is InChI=1S/C15H21N3O2.ClH/c16-6-5-12-3-1-7-18(10-12)11-13-9-15(20-17-13)14-4-2-8-19-14;/h2,4,8-9,12H,1,3,5-7,10-11,16H2;1H. The smallest absolute Gasteiger partial charge is 0.202 e. The molecule has 5 nitrogen and oxygen atoms in total. The minimum absolute atomic E-state index is 0. The number of hydrogen-bond donors (Lipinski definition) is 1. The molecule has 0 radical (unpaired) electrons. The fraction of sp³-hybridized carbons (Fsp3) is 0.533. The molecular formula is C15H22ClN3O2. The van der Waals surface area contributed by atoms with E-state index in [0.29, 0.717) is 5.76 Å². The predicted molar refractivity (Wildman–Crippen MR) is 83.1 cm³/mol. The van der Waals surface area contributed by atoms with E-state index in [1.165, 1.54) is 12.8 Å². The van der Waals surface area contributed by atoms with Crippen molar-refractivity contribution in [2.75, 3.05) is 19.6 Å². The van der Waals surface area contributed by atoms with Gasteiger partial charge < -0.3 is 14.7 Å². The molecule has 21 heavy (non-hydrogen) atoms. The normalized spacial score (nSPS) is 19.4. The number of furan rings is 1. The van der Waals surface area contributed by atoms with Gasteiger partial charge in [0.05, 0.1) is 12.0 Å². The number of halogens is 1. The predicted octanol–water partition coefficient (Wildman–Crippen LogP) is 2.92. The summed E-state index contributed by atoms with van der Waals surface area (Å²) in [5.74, 6) is 2.15. The molecule has 0 saturated carbocycles. The fourth-order valence-electron chi connectivity index (χ4n) is 2.92. The zero-order valence-corrected chi connectivity index (χ0v) is 12.8. The molecule has 1 atom stereocenters. The first-order valence-corrected chi connectivity index (χ1v) is 7.27. The molecule has 1 saturated heterocycles. The number of likely N-dealkylation sites (tertiary alicyclic amines) is 1. The number of aromatic nitrogens is 1. The van der Waals surface area contributed by atoms with Gasteiger partial charge in [-0.25, -0.2) is 0 Å². The Morgan fingerprint density at radius 3 is 3.05 bits per heavy atom. The topological polar surface area (TPSA) is 68.4 Å². The lowest BCUT2D eigenvalue weighted by Crippen LogP contribution is -2.35. The van der Waals surface area contributed by atoms with Crippen molar-refractivity contribution in [2.24, 2.45) is 11.7 Å². The van der Waals surface area contributed by atoms with Crippen LogP contribution in [0.5, 0.6) is 0 Å². The zero-order valence-electron chi connectivity index (χ0n) is 12.0. The average Bonchev–Trinajstić information content (AvgIpc) is 3.10. The maximum Gasteiger partial charge on any atom is 0.202 e. The van der Waals surface area contributed by atoms with Crippen LogP contribution in [-0.4, -0.2) is 29.7 Å². The summed E-state index contributed by atoms with van der Waals surface area (Å²) in [5.41, 5.74) is 6.62. The highest BCUT2D eigenvalue weighted by Gasteiger charge is 2.20. The maximum absolute atomic E-state index is 5.66. The Labute approximate surface area is 130 Å². The Morgan fingerprint density at radius 2 is 2.29 bits per heavy atom. The third-order valence-electron chi connectivity index (χ3n) is 3.89. The first-order chi connectivity index (χ1) is 9.85. The second-order valence-corrected chi connectivity index (χ2v) is 5.48. The third kappa shape index (κ3) is 4.09. The van der Waals surface area contributed by atoms with Crippen molar-refractivity contribution < 1.29 is 8.94 Å². The van der Waals surface area contributed by atoms with Gasteiger partial charge in [-0.15, -0.1) is 12.4 Å². The molecule has 2 aromatic heterocycles. The molecule has 0 spiro atoms. The van der Waals surface area contributed by atoms with Crippen LogP contribution in [0.15, 0.2) is 33.4 Å². The van der Waals surface area contributed by atoms with E-state index in [-0.39, 0.29) is 12.4 Å². The SMILES string of the molecule is Cl.NCCC1CCCN(Cc2cc(-c3ccco3)on2)C1. The fourth-order valence-corrected chi connectivity index (χ4v) is 2.92. The number of piperidine rings is 1. The van der Waals surface area contributed by atoms with E-state index in [2.05, 4.69) is 10.1 Å². The van der Waals surface area contributed by atoms with E-state index in [1.807, 2.05) is 18.2 Å². The highest BCUT2D eigenvalue weighted by atomic mass is 35.5. The Balaban J connectivity index is 0.00000161. The van der Waals surface area contributed by atoms with Crippen molar-refractivity contribution in [3.63, 3.8) is 0 Å². The van der Waals surface area contributed by atoms with Crippen LogP contribution in [0.4, 0.5) is 0 Å². The highest BCUT2D eigenvalue weighted by molar-refractivity contribution is 5.85. The van der Waals surface area contributed by atoms with Crippen LogP contribution < -0.4 is 5.73 Å². The van der Waals surface area contributed by atoms with E-state index >= 15 is 0 Å². The second-order valence-electron chi connectivity index (χ2n) is 5.48. The molecule has 6 heteroatoms. The molecule has 116 valence electrons. The van der Waals surface area contributed by atoms with Crippen LogP contribution in [0.1, 0.15) is 25.0 Å². The highest BCUT2D eigenvalue weighted by Crippen LogP contribution is 2.23. The number of nitrogens with zero attached hydrogens (tertiary/aromatic N) is 2. The lowest BCUT2D eigenvalue weighted by molar-refractivity contribution is 0.159. The van der Waals surface area contributed by atoms with Gasteiger partial charge in [-0.05, 0) is 50.4 Å². The Kier molecular flexibility index (Phi) is 5.85. The average molecular weight is 312 g/mol. The van der Waals surface area contributed by atoms with Crippen LogP contribution in [0.25, 0.3) is 11.5 Å². The molecule has 0 bridgehead atoms. The molecule has 2 aromatic rings. The molecule has 1 aliphatic rings. The number of hydrogen-bond acceptors (Lipinski definition) is 5. The number of nitrogens with two attached hydrogens (primary N) is 1. The van der Waals surface area contributed by atoms with E-state index < -0.39 is 0 Å². The van der Waals surface area contributed by atoms with Crippen molar-refractivity contribution >= 4 is 12.4 Å². The van der Waals surface area contributed by atoms with Crippen molar-refractivity contribution in [3.05, 3.63) is 30.2 Å². The summed E-state index contributed by atoms with van der Waals surface area (Å²) in [5, 5.41) is 4.14. The van der Waals surface area contributed by atoms with Gasteiger partial charge in [0.15, 0.2) is 5.76 Å². The Bertz CT molecular complexity index is 525. The molecule has 0 aliphatic carbocycles. The van der Waals surface area contributed by atoms with Gasteiger partial charge in [-0.3, -0.25) is 4.90 Å². The van der Waals surface area contributed by atoms with Crippen molar-refractivity contribution in [1.29, 1.82) is 0 Å².